The summed E-state index contributed by atoms with van der Waals surface area (Å²) < 4.78 is 0. The van der Waals surface area contributed by atoms with E-state index in [2.05, 4.69) is 0 Å². The molecule has 3 heteroatoms. The van der Waals surface area contributed by atoms with Gasteiger partial charge in [-0.2, -0.15) is 0 Å². The number of carbonyl (C=O) groups is 1. The minimum absolute atomic E-state index is 0.151. The highest BCUT2D eigenvalue weighted by Crippen LogP contribution is 2.41. The molecule has 1 N–H and O–H groups in total. The maximum Gasteiger partial charge on any atom is 0.332 e. The van der Waals surface area contributed by atoms with E-state index in [9.17, 15) is 9.90 Å². The normalized spacial score (nSPS) is 18.9. The van der Waals surface area contributed by atoms with E-state index in [1.165, 1.54) is 0 Å². The Hall–Kier alpha value is -2.06. The average molecular weight is 313 g/mol. The van der Waals surface area contributed by atoms with Gasteiger partial charge >= 0.3 is 5.97 Å². The zero-order chi connectivity index (χ0) is 15.7. The molecule has 2 aromatic carbocycles. The maximum absolute atomic E-state index is 11.8. The Balaban J connectivity index is 2.41. The smallest absolute Gasteiger partial charge is 0.332 e. The number of hydrogen-bond acceptors (Lipinski definition) is 1. The third-order valence-electron chi connectivity index (χ3n) is 4.17. The first-order valence-corrected chi connectivity index (χ1v) is 7.85. The molecule has 22 heavy (non-hydrogen) atoms. The molecule has 1 unspecified atom stereocenters. The predicted octanol–water partition coefficient (Wildman–Crippen LogP) is 4.82. The van der Waals surface area contributed by atoms with Crippen molar-refractivity contribution >= 4 is 23.1 Å². The average Bonchev–Trinajstić information content (AvgIpc) is 2.64. The number of aliphatic carboxylic acids is 1. The standard InChI is InChI=1S/C19H17ClO2/c1-2-13(19(21)22)18-14-8-4-3-7-12(14)11-17(20)15-9-5-6-10-16(15)18/h3-10,17H,2,11H2,1H3,(H,21,22). The lowest BCUT2D eigenvalue weighted by Crippen LogP contribution is -2.06. The Labute approximate surface area is 135 Å². The summed E-state index contributed by atoms with van der Waals surface area (Å²) in [6, 6.07) is 15.8. The molecule has 1 atom stereocenters. The van der Waals surface area contributed by atoms with Crippen LogP contribution >= 0.6 is 11.6 Å². The number of carboxylic acids is 1. The van der Waals surface area contributed by atoms with Crippen LogP contribution < -0.4 is 0 Å². The van der Waals surface area contributed by atoms with Gasteiger partial charge in [0.05, 0.1) is 5.38 Å². The predicted molar refractivity (Wildman–Crippen MR) is 89.1 cm³/mol. The highest BCUT2D eigenvalue weighted by molar-refractivity contribution is 6.21. The molecular weight excluding hydrogens is 296 g/mol. The van der Waals surface area contributed by atoms with Crippen LogP contribution in [0.4, 0.5) is 0 Å². The second kappa shape index (κ2) is 5.98. The van der Waals surface area contributed by atoms with E-state index >= 15 is 0 Å². The molecular formula is C19H17ClO2. The van der Waals surface area contributed by atoms with E-state index in [0.29, 0.717) is 18.4 Å². The Bertz CT molecular complexity index is 762. The first kappa shape index (κ1) is 14.9. The second-order valence-electron chi connectivity index (χ2n) is 5.43. The van der Waals surface area contributed by atoms with Crippen LogP contribution in [0.1, 0.15) is 41.0 Å². The molecule has 2 aromatic rings. The van der Waals surface area contributed by atoms with Gasteiger partial charge in [-0.25, -0.2) is 4.79 Å². The molecule has 3 rings (SSSR count). The highest BCUT2D eigenvalue weighted by atomic mass is 35.5. The largest absolute Gasteiger partial charge is 0.478 e. The molecule has 0 aromatic heterocycles. The highest BCUT2D eigenvalue weighted by Gasteiger charge is 2.26. The molecule has 1 aliphatic rings. The lowest BCUT2D eigenvalue weighted by molar-refractivity contribution is -0.132. The van der Waals surface area contributed by atoms with Crippen LogP contribution in [-0.2, 0) is 11.2 Å². The summed E-state index contributed by atoms with van der Waals surface area (Å²) in [5.41, 5.74) is 5.27. The number of benzene rings is 2. The number of fused-ring (bicyclic) bond motifs is 2. The minimum Gasteiger partial charge on any atom is -0.478 e. The van der Waals surface area contributed by atoms with E-state index in [1.54, 1.807) is 0 Å². The molecule has 0 spiro atoms. The summed E-state index contributed by atoms with van der Waals surface area (Å²) in [6.07, 6.45) is 1.18. The van der Waals surface area contributed by atoms with Crippen molar-refractivity contribution in [3.63, 3.8) is 0 Å². The molecule has 0 bridgehead atoms. The van der Waals surface area contributed by atoms with Gasteiger partial charge in [-0.15, -0.1) is 11.6 Å². The molecule has 0 saturated carbocycles. The zero-order valence-electron chi connectivity index (χ0n) is 12.3. The van der Waals surface area contributed by atoms with Crippen LogP contribution in [-0.4, -0.2) is 11.1 Å². The summed E-state index contributed by atoms with van der Waals surface area (Å²) in [5, 5.41) is 9.49. The SMILES string of the molecule is CCC(C(=O)O)=C1c2ccccc2CC(Cl)c2ccccc21. The van der Waals surface area contributed by atoms with Crippen LogP contribution in [0.25, 0.3) is 5.57 Å². The number of carboxylic acid groups (broad SMARTS) is 1. The fourth-order valence-corrected chi connectivity index (χ4v) is 3.50. The van der Waals surface area contributed by atoms with Crippen molar-refractivity contribution in [3.8, 4) is 0 Å². The van der Waals surface area contributed by atoms with E-state index in [1.807, 2.05) is 55.5 Å². The number of halogens is 1. The molecule has 1 aliphatic carbocycles. The third kappa shape index (κ3) is 2.44. The van der Waals surface area contributed by atoms with Crippen LogP contribution in [0, 0.1) is 0 Å². The summed E-state index contributed by atoms with van der Waals surface area (Å²) in [7, 11) is 0. The van der Waals surface area contributed by atoms with Crippen molar-refractivity contribution in [2.24, 2.45) is 0 Å². The van der Waals surface area contributed by atoms with Crippen molar-refractivity contribution in [1.29, 1.82) is 0 Å². The lowest BCUT2D eigenvalue weighted by Gasteiger charge is -2.15. The van der Waals surface area contributed by atoms with Crippen LogP contribution in [0.2, 0.25) is 0 Å². The van der Waals surface area contributed by atoms with E-state index < -0.39 is 5.97 Å². The minimum atomic E-state index is -0.866. The summed E-state index contributed by atoms with van der Waals surface area (Å²) >= 11 is 6.60. The van der Waals surface area contributed by atoms with Gasteiger partial charge in [-0.3, -0.25) is 0 Å². The maximum atomic E-state index is 11.8. The second-order valence-corrected chi connectivity index (χ2v) is 5.96. The van der Waals surface area contributed by atoms with Crippen molar-refractivity contribution in [2.45, 2.75) is 25.1 Å². The van der Waals surface area contributed by atoms with Gasteiger partial charge in [0.1, 0.15) is 0 Å². The summed E-state index contributed by atoms with van der Waals surface area (Å²) in [5.74, 6) is -0.866. The van der Waals surface area contributed by atoms with Crippen molar-refractivity contribution in [2.75, 3.05) is 0 Å². The first-order valence-electron chi connectivity index (χ1n) is 7.41. The molecule has 0 aliphatic heterocycles. The molecule has 0 fully saturated rings. The number of hydrogen-bond donors (Lipinski definition) is 1. The Kier molecular flexibility index (Phi) is 4.04. The summed E-state index contributed by atoms with van der Waals surface area (Å²) in [6.45, 7) is 1.88. The molecule has 0 heterocycles. The van der Waals surface area contributed by atoms with Crippen molar-refractivity contribution in [1.82, 2.24) is 0 Å². The van der Waals surface area contributed by atoms with Gasteiger partial charge in [0, 0.05) is 5.57 Å². The monoisotopic (exact) mass is 312 g/mol. The molecule has 112 valence electrons. The van der Waals surface area contributed by atoms with Gasteiger partial charge in [-0.1, -0.05) is 55.5 Å². The lowest BCUT2D eigenvalue weighted by atomic mass is 9.89. The molecule has 0 radical (unpaired) electrons. The fraction of sp³-hybridized carbons (Fsp3) is 0.211. The molecule has 0 amide bonds. The van der Waals surface area contributed by atoms with Crippen LogP contribution in [0.3, 0.4) is 0 Å². The van der Waals surface area contributed by atoms with Gasteiger partial charge in [0.15, 0.2) is 0 Å². The Morgan fingerprint density at radius 2 is 1.77 bits per heavy atom. The zero-order valence-corrected chi connectivity index (χ0v) is 13.1. The van der Waals surface area contributed by atoms with Gasteiger partial charge < -0.3 is 5.11 Å². The molecule has 0 saturated heterocycles. The van der Waals surface area contributed by atoms with Gasteiger partial charge in [0.25, 0.3) is 0 Å². The topological polar surface area (TPSA) is 37.3 Å². The molecule has 2 nitrogen and oxygen atoms in total. The van der Waals surface area contributed by atoms with Crippen LogP contribution in [0.5, 0.6) is 0 Å². The quantitative estimate of drug-likeness (QED) is 0.637. The Morgan fingerprint density at radius 3 is 2.45 bits per heavy atom. The van der Waals surface area contributed by atoms with E-state index in [4.69, 9.17) is 11.6 Å². The first-order chi connectivity index (χ1) is 10.6. The van der Waals surface area contributed by atoms with Gasteiger partial charge in [-0.05, 0) is 40.7 Å². The number of rotatable bonds is 2. The fourth-order valence-electron chi connectivity index (χ4n) is 3.15. The van der Waals surface area contributed by atoms with E-state index in [0.717, 1.165) is 27.8 Å². The van der Waals surface area contributed by atoms with Crippen molar-refractivity contribution in [3.05, 3.63) is 76.4 Å². The van der Waals surface area contributed by atoms with Gasteiger partial charge in [0.2, 0.25) is 0 Å². The Morgan fingerprint density at radius 1 is 1.14 bits per heavy atom. The number of alkyl halides is 1. The summed E-state index contributed by atoms with van der Waals surface area (Å²) in [4.78, 5) is 11.8. The van der Waals surface area contributed by atoms with Crippen molar-refractivity contribution < 1.29 is 9.90 Å². The van der Waals surface area contributed by atoms with E-state index in [-0.39, 0.29) is 5.38 Å². The van der Waals surface area contributed by atoms with Crippen LogP contribution in [0.15, 0.2) is 54.1 Å². The third-order valence-corrected chi connectivity index (χ3v) is 4.56.